The molecule has 0 saturated carbocycles. The van der Waals surface area contributed by atoms with Gasteiger partial charge in [0, 0.05) is 37.8 Å². The van der Waals surface area contributed by atoms with Crippen LogP contribution in [0.4, 0.5) is 5.13 Å². The fourth-order valence-electron chi connectivity index (χ4n) is 2.91. The molecular formula is C16H22N6O2S. The molecule has 1 aliphatic rings. The standard InChI is InChI=1S/C16H22N6O2S/c1-11-8-18-22(9-11)12(2)14(23)20-4-3-5-21(7-6-20)15(24)13-10-25-16(17)19-13/h8-10,12H,3-7H2,1-2H3,(H2,17,19). The van der Waals surface area contributed by atoms with Crippen LogP contribution >= 0.6 is 11.3 Å². The fourth-order valence-corrected chi connectivity index (χ4v) is 3.45. The predicted molar refractivity (Wildman–Crippen MR) is 95.3 cm³/mol. The molecular weight excluding hydrogens is 340 g/mol. The van der Waals surface area contributed by atoms with Crippen molar-refractivity contribution in [1.82, 2.24) is 24.6 Å². The Morgan fingerprint density at radius 2 is 1.96 bits per heavy atom. The molecule has 2 amide bonds. The van der Waals surface area contributed by atoms with Crippen molar-refractivity contribution in [2.24, 2.45) is 0 Å². The van der Waals surface area contributed by atoms with E-state index in [0.717, 1.165) is 12.0 Å². The maximum atomic E-state index is 12.7. The number of aromatic nitrogens is 3. The lowest BCUT2D eigenvalue weighted by molar-refractivity contribution is -0.134. The van der Waals surface area contributed by atoms with Gasteiger partial charge in [0.15, 0.2) is 5.13 Å². The van der Waals surface area contributed by atoms with Crippen LogP contribution in [0.5, 0.6) is 0 Å². The highest BCUT2D eigenvalue weighted by atomic mass is 32.1. The minimum absolute atomic E-state index is 0.0234. The van der Waals surface area contributed by atoms with Gasteiger partial charge in [0.25, 0.3) is 5.91 Å². The zero-order valence-electron chi connectivity index (χ0n) is 14.4. The first kappa shape index (κ1) is 17.4. The van der Waals surface area contributed by atoms with E-state index >= 15 is 0 Å². The Hall–Kier alpha value is -2.42. The maximum Gasteiger partial charge on any atom is 0.273 e. The van der Waals surface area contributed by atoms with E-state index in [1.165, 1.54) is 11.3 Å². The topological polar surface area (TPSA) is 97.4 Å². The van der Waals surface area contributed by atoms with Crippen molar-refractivity contribution in [3.63, 3.8) is 0 Å². The first-order valence-corrected chi connectivity index (χ1v) is 9.13. The first-order chi connectivity index (χ1) is 12.0. The second-order valence-electron chi connectivity index (χ2n) is 6.22. The highest BCUT2D eigenvalue weighted by Gasteiger charge is 2.27. The van der Waals surface area contributed by atoms with Crippen molar-refractivity contribution in [2.45, 2.75) is 26.3 Å². The molecule has 25 heavy (non-hydrogen) atoms. The Kier molecular flexibility index (Phi) is 5.03. The molecule has 1 atom stereocenters. The molecule has 1 unspecified atom stereocenters. The number of amides is 2. The van der Waals surface area contributed by atoms with Gasteiger partial charge in [0.2, 0.25) is 5.91 Å². The second kappa shape index (κ2) is 7.22. The molecule has 2 N–H and O–H groups in total. The molecule has 8 nitrogen and oxygen atoms in total. The van der Waals surface area contributed by atoms with Crippen molar-refractivity contribution in [3.05, 3.63) is 29.0 Å². The lowest BCUT2D eigenvalue weighted by Crippen LogP contribution is -2.40. The summed E-state index contributed by atoms with van der Waals surface area (Å²) in [5, 5.41) is 6.29. The van der Waals surface area contributed by atoms with Crippen LogP contribution in [-0.2, 0) is 4.79 Å². The minimum Gasteiger partial charge on any atom is -0.375 e. The van der Waals surface area contributed by atoms with E-state index in [4.69, 9.17) is 5.73 Å². The number of nitrogen functional groups attached to an aromatic ring is 1. The van der Waals surface area contributed by atoms with E-state index in [0.29, 0.717) is 37.0 Å². The highest BCUT2D eigenvalue weighted by Crippen LogP contribution is 2.16. The summed E-state index contributed by atoms with van der Waals surface area (Å²) < 4.78 is 1.68. The summed E-state index contributed by atoms with van der Waals surface area (Å²) in [6, 6.07) is -0.353. The number of aryl methyl sites for hydroxylation is 1. The summed E-state index contributed by atoms with van der Waals surface area (Å²) in [5.74, 6) is -0.103. The third kappa shape index (κ3) is 3.81. The highest BCUT2D eigenvalue weighted by molar-refractivity contribution is 7.13. The summed E-state index contributed by atoms with van der Waals surface area (Å²) in [5.41, 5.74) is 7.00. The van der Waals surface area contributed by atoms with Crippen molar-refractivity contribution in [1.29, 1.82) is 0 Å². The Balaban J connectivity index is 1.63. The van der Waals surface area contributed by atoms with E-state index in [1.807, 2.05) is 24.9 Å². The van der Waals surface area contributed by atoms with Crippen LogP contribution in [0.1, 0.15) is 35.4 Å². The fraction of sp³-hybridized carbons (Fsp3) is 0.500. The number of thiazole rings is 1. The number of carbonyl (C=O) groups is 2. The van der Waals surface area contributed by atoms with Crippen LogP contribution in [-0.4, -0.2) is 62.6 Å². The van der Waals surface area contributed by atoms with Crippen LogP contribution in [0.15, 0.2) is 17.8 Å². The van der Waals surface area contributed by atoms with Gasteiger partial charge in [-0.1, -0.05) is 0 Å². The largest absolute Gasteiger partial charge is 0.375 e. The van der Waals surface area contributed by atoms with E-state index < -0.39 is 0 Å². The Morgan fingerprint density at radius 1 is 1.24 bits per heavy atom. The average molecular weight is 362 g/mol. The second-order valence-corrected chi connectivity index (χ2v) is 7.11. The maximum absolute atomic E-state index is 12.7. The van der Waals surface area contributed by atoms with E-state index in [1.54, 1.807) is 21.2 Å². The van der Waals surface area contributed by atoms with Crippen molar-refractivity contribution >= 4 is 28.3 Å². The molecule has 2 aromatic heterocycles. The lowest BCUT2D eigenvalue weighted by atomic mass is 10.2. The number of nitrogens with two attached hydrogens (primary N) is 1. The van der Waals surface area contributed by atoms with Crippen LogP contribution in [0.25, 0.3) is 0 Å². The number of rotatable bonds is 3. The monoisotopic (exact) mass is 362 g/mol. The SMILES string of the molecule is Cc1cnn(C(C)C(=O)N2CCCN(C(=O)c3csc(N)n3)CC2)c1. The summed E-state index contributed by atoms with van der Waals surface area (Å²) >= 11 is 1.26. The number of hydrogen-bond acceptors (Lipinski definition) is 6. The Labute approximate surface area is 150 Å². The number of carbonyl (C=O) groups excluding carboxylic acids is 2. The first-order valence-electron chi connectivity index (χ1n) is 8.25. The van der Waals surface area contributed by atoms with Gasteiger partial charge in [-0.25, -0.2) is 4.98 Å². The molecule has 0 aliphatic carbocycles. The molecule has 3 heterocycles. The molecule has 0 aromatic carbocycles. The van der Waals surface area contributed by atoms with Gasteiger partial charge in [-0.2, -0.15) is 5.10 Å². The molecule has 0 spiro atoms. The van der Waals surface area contributed by atoms with Crippen molar-refractivity contribution in [3.8, 4) is 0 Å². The van der Waals surface area contributed by atoms with Gasteiger partial charge >= 0.3 is 0 Å². The molecule has 9 heteroatoms. The predicted octanol–water partition coefficient (Wildman–Crippen LogP) is 1.17. The van der Waals surface area contributed by atoms with Crippen LogP contribution in [0.2, 0.25) is 0 Å². The van der Waals surface area contributed by atoms with Gasteiger partial charge in [-0.15, -0.1) is 11.3 Å². The van der Waals surface area contributed by atoms with Gasteiger partial charge in [-0.3, -0.25) is 14.3 Å². The smallest absolute Gasteiger partial charge is 0.273 e. The Bertz CT molecular complexity index is 770. The molecule has 1 saturated heterocycles. The number of anilines is 1. The van der Waals surface area contributed by atoms with Gasteiger partial charge in [0.1, 0.15) is 11.7 Å². The normalized spacial score (nSPS) is 16.6. The molecule has 134 valence electrons. The van der Waals surface area contributed by atoms with E-state index in [9.17, 15) is 9.59 Å². The zero-order valence-corrected chi connectivity index (χ0v) is 15.2. The summed E-state index contributed by atoms with van der Waals surface area (Å²) in [4.78, 5) is 32.8. The lowest BCUT2D eigenvalue weighted by Gasteiger charge is -2.24. The Morgan fingerprint density at radius 3 is 2.60 bits per heavy atom. The van der Waals surface area contributed by atoms with E-state index in [-0.39, 0.29) is 17.9 Å². The average Bonchev–Trinajstić information content (AvgIpc) is 3.14. The summed E-state index contributed by atoms with van der Waals surface area (Å²) in [7, 11) is 0. The van der Waals surface area contributed by atoms with Gasteiger partial charge in [0.05, 0.1) is 6.20 Å². The summed E-state index contributed by atoms with van der Waals surface area (Å²) in [6.45, 7) is 6.03. The molecule has 0 radical (unpaired) electrons. The van der Waals surface area contributed by atoms with Crippen molar-refractivity contribution in [2.75, 3.05) is 31.9 Å². The quantitative estimate of drug-likeness (QED) is 0.884. The van der Waals surface area contributed by atoms with Gasteiger partial charge < -0.3 is 15.5 Å². The number of nitrogens with zero attached hydrogens (tertiary/aromatic N) is 5. The summed E-state index contributed by atoms with van der Waals surface area (Å²) in [6.07, 6.45) is 4.34. The molecule has 3 rings (SSSR count). The molecule has 1 aliphatic heterocycles. The third-order valence-electron chi connectivity index (χ3n) is 4.32. The van der Waals surface area contributed by atoms with Gasteiger partial charge in [-0.05, 0) is 25.8 Å². The number of hydrogen-bond donors (Lipinski definition) is 1. The third-order valence-corrected chi connectivity index (χ3v) is 4.99. The van der Waals surface area contributed by atoms with Crippen LogP contribution < -0.4 is 5.73 Å². The molecule has 0 bridgehead atoms. The van der Waals surface area contributed by atoms with Crippen LogP contribution in [0.3, 0.4) is 0 Å². The van der Waals surface area contributed by atoms with Crippen molar-refractivity contribution < 1.29 is 9.59 Å². The van der Waals surface area contributed by atoms with E-state index in [2.05, 4.69) is 10.1 Å². The molecule has 2 aromatic rings. The van der Waals surface area contributed by atoms with Crippen LogP contribution in [0, 0.1) is 6.92 Å². The zero-order chi connectivity index (χ0) is 18.0. The molecule has 1 fully saturated rings. The minimum atomic E-state index is -0.353.